The Bertz CT molecular complexity index is 1340. The van der Waals surface area contributed by atoms with Crippen molar-refractivity contribution >= 4 is 42.9 Å². The van der Waals surface area contributed by atoms with Gasteiger partial charge in [0.2, 0.25) is 0 Å². The fourth-order valence-electron chi connectivity index (χ4n) is 2.54. The molecule has 4 N–H and O–H groups in total. The predicted octanol–water partition coefficient (Wildman–Crippen LogP) is -5.01. The number of rotatable bonds is 4. The molecule has 0 saturated heterocycles. The van der Waals surface area contributed by atoms with Gasteiger partial charge in [-0.1, -0.05) is 12.1 Å². The van der Waals surface area contributed by atoms with Crippen molar-refractivity contribution in [3.63, 3.8) is 0 Å². The van der Waals surface area contributed by atoms with Crippen LogP contribution in [0, 0.1) is 0 Å². The van der Waals surface area contributed by atoms with E-state index in [0.717, 1.165) is 18.2 Å². The normalized spacial score (nSPS) is 11.4. The van der Waals surface area contributed by atoms with Crippen molar-refractivity contribution in [1.82, 2.24) is 0 Å². The molecule has 3 rings (SSSR count). The number of fused-ring (bicyclic) bond motifs is 1. The summed E-state index contributed by atoms with van der Waals surface area (Å²) < 4.78 is 68.0. The molecule has 31 heavy (non-hydrogen) atoms. The Morgan fingerprint density at radius 2 is 1.32 bits per heavy atom. The first-order valence-electron chi connectivity index (χ1n) is 7.51. The molecule has 0 unspecified atom stereocenters. The third kappa shape index (κ3) is 6.97. The van der Waals surface area contributed by atoms with E-state index in [1.165, 1.54) is 18.3 Å². The average Bonchev–Trinajstić information content (AvgIpc) is 2.58. The topological polar surface area (TPSA) is 199 Å². The minimum absolute atomic E-state index is 0. The number of hydrogen-bond acceptors (Lipinski definition) is 9. The van der Waals surface area contributed by atoms with Crippen LogP contribution in [-0.4, -0.2) is 47.8 Å². The Morgan fingerprint density at radius 1 is 0.806 bits per heavy atom. The van der Waals surface area contributed by atoms with Gasteiger partial charge >= 0.3 is 59.1 Å². The molecule has 0 heterocycles. The summed E-state index contributed by atoms with van der Waals surface area (Å²) in [5, 5.41) is 19.7. The van der Waals surface area contributed by atoms with E-state index < -0.39 is 35.8 Å². The van der Waals surface area contributed by atoms with Gasteiger partial charge in [0.05, 0.1) is 15.5 Å². The van der Waals surface area contributed by atoms with E-state index in [1.807, 2.05) is 0 Å². The minimum atomic E-state index is -4.95. The molecule has 14 heteroatoms. The Hall–Kier alpha value is -1.03. The van der Waals surface area contributed by atoms with Crippen molar-refractivity contribution in [2.45, 2.75) is 9.79 Å². The number of hydrogen-bond donors (Lipinski definition) is 2. The number of benzene rings is 3. The van der Waals surface area contributed by atoms with Crippen LogP contribution < -0.4 is 59.1 Å². The van der Waals surface area contributed by atoms with E-state index >= 15 is 0 Å². The van der Waals surface area contributed by atoms with Crippen molar-refractivity contribution in [2.24, 2.45) is 4.99 Å². The van der Waals surface area contributed by atoms with Crippen LogP contribution in [-0.2, 0) is 20.2 Å². The van der Waals surface area contributed by atoms with Crippen LogP contribution in [0.4, 0.5) is 5.69 Å². The third-order valence-corrected chi connectivity index (χ3v) is 5.44. The molecule has 0 aliphatic carbocycles. The molecular formula is C17H13NNa2O9S2. The van der Waals surface area contributed by atoms with E-state index in [1.54, 1.807) is 12.1 Å². The number of phenolic OH excluding ortho intramolecular Hbond substituents is 2. The molecule has 0 aliphatic rings. The molecule has 0 amide bonds. The molecule has 0 aromatic heterocycles. The maximum atomic E-state index is 11.4. The van der Waals surface area contributed by atoms with Crippen LogP contribution in [0.5, 0.6) is 11.5 Å². The molecule has 3 aromatic carbocycles. The predicted molar refractivity (Wildman–Crippen MR) is 101 cm³/mol. The fourth-order valence-corrected chi connectivity index (χ4v) is 3.60. The molecule has 0 fully saturated rings. The Morgan fingerprint density at radius 3 is 1.84 bits per heavy atom. The number of nitrogens with zero attached hydrogens (tertiary/aromatic N) is 1. The van der Waals surface area contributed by atoms with Gasteiger partial charge < -0.3 is 24.8 Å². The van der Waals surface area contributed by atoms with Crippen molar-refractivity contribution in [2.75, 3.05) is 0 Å². The molecule has 0 radical (unpaired) electrons. The number of aliphatic imine (C=N–C) groups is 1. The minimum Gasteiger partial charge on any atom is -0.744 e. The quantitative estimate of drug-likeness (QED) is 0.208. The van der Waals surface area contributed by atoms with Crippen LogP contribution in [0.15, 0.2) is 63.3 Å². The number of aromatic hydroxyl groups is 2. The van der Waals surface area contributed by atoms with Crippen LogP contribution in [0.3, 0.4) is 0 Å². The van der Waals surface area contributed by atoms with Crippen LogP contribution in [0.1, 0.15) is 5.56 Å². The first-order valence-corrected chi connectivity index (χ1v) is 10.3. The Kier molecular flexibility index (Phi) is 10.8. The van der Waals surface area contributed by atoms with Gasteiger partial charge in [-0.3, -0.25) is 4.99 Å². The van der Waals surface area contributed by atoms with Gasteiger partial charge in [-0.25, -0.2) is 16.8 Å². The van der Waals surface area contributed by atoms with Gasteiger partial charge in [-0.05, 0) is 41.8 Å². The molecule has 154 valence electrons. The molecule has 0 bridgehead atoms. The fraction of sp³-hybridized carbons (Fsp3) is 0. The van der Waals surface area contributed by atoms with Crippen LogP contribution in [0.2, 0.25) is 0 Å². The van der Waals surface area contributed by atoms with Crippen molar-refractivity contribution in [1.29, 1.82) is 0 Å². The van der Waals surface area contributed by atoms with Gasteiger partial charge in [0.25, 0.3) is 0 Å². The second-order valence-corrected chi connectivity index (χ2v) is 8.47. The number of phenols is 2. The summed E-state index contributed by atoms with van der Waals surface area (Å²) >= 11 is 0. The Balaban J connectivity index is 0.00000300. The van der Waals surface area contributed by atoms with Crippen molar-refractivity contribution in [3.05, 3.63) is 54.1 Å². The molecule has 10 nitrogen and oxygen atoms in total. The molecular weight excluding hydrogens is 472 g/mol. The standard InChI is InChI=1S/C17H13NO8S2.2Na.H2O/c19-15-4-2-1-3-10(15)9-18-14-7-12(27(21,22)23)5-11-6-13(28(24,25)26)8-16(20)17(11)14;;;/h1-9,19-20H,(H,21,22,23)(H,24,25,26);;;1H2/q;2*+1;/p-2. The summed E-state index contributed by atoms with van der Waals surface area (Å²) in [5.74, 6) is -0.765. The molecule has 3 aromatic rings. The molecule has 0 saturated carbocycles. The summed E-state index contributed by atoms with van der Waals surface area (Å²) in [6, 6.07) is 9.36. The molecule has 0 spiro atoms. The van der Waals surface area contributed by atoms with E-state index in [2.05, 4.69) is 4.99 Å². The largest absolute Gasteiger partial charge is 1.00 e. The summed E-state index contributed by atoms with van der Waals surface area (Å²) in [5.41, 5.74) is 0.0896. The van der Waals surface area contributed by atoms with Gasteiger partial charge in [-0.15, -0.1) is 0 Å². The van der Waals surface area contributed by atoms with Crippen LogP contribution in [0.25, 0.3) is 10.8 Å². The molecule has 0 atom stereocenters. The van der Waals surface area contributed by atoms with Crippen LogP contribution >= 0.6 is 0 Å². The third-order valence-electron chi connectivity index (χ3n) is 3.81. The summed E-state index contributed by atoms with van der Waals surface area (Å²) in [7, 11) is -9.90. The summed E-state index contributed by atoms with van der Waals surface area (Å²) in [4.78, 5) is 2.49. The first kappa shape index (κ1) is 30.0. The summed E-state index contributed by atoms with van der Waals surface area (Å²) in [6.45, 7) is 0. The second-order valence-electron chi connectivity index (χ2n) is 5.71. The average molecular weight is 485 g/mol. The van der Waals surface area contributed by atoms with Crippen molar-refractivity contribution in [3.8, 4) is 11.5 Å². The van der Waals surface area contributed by atoms with E-state index in [0.29, 0.717) is 6.07 Å². The Labute approximate surface area is 222 Å². The maximum absolute atomic E-state index is 11.4. The monoisotopic (exact) mass is 485 g/mol. The first-order chi connectivity index (χ1) is 13.0. The van der Waals surface area contributed by atoms with Crippen molar-refractivity contribution < 1.29 is 101 Å². The van der Waals surface area contributed by atoms with Gasteiger partial charge in [-0.2, -0.15) is 0 Å². The molecule has 0 aliphatic heterocycles. The summed E-state index contributed by atoms with van der Waals surface area (Å²) in [6.07, 6.45) is 1.17. The van der Waals surface area contributed by atoms with E-state index in [4.69, 9.17) is 0 Å². The zero-order valence-electron chi connectivity index (χ0n) is 16.3. The van der Waals surface area contributed by atoms with Gasteiger partial charge in [0.1, 0.15) is 31.7 Å². The zero-order valence-corrected chi connectivity index (χ0v) is 21.9. The number of para-hydroxylation sites is 1. The van der Waals surface area contributed by atoms with E-state index in [9.17, 15) is 36.2 Å². The van der Waals surface area contributed by atoms with E-state index in [-0.39, 0.29) is 92.4 Å². The maximum Gasteiger partial charge on any atom is 1.00 e. The second kappa shape index (κ2) is 11.2. The zero-order chi connectivity index (χ0) is 20.7. The SMILES string of the molecule is O.O=S(=O)([O-])c1cc(O)c2c(N=Cc3ccccc3O)cc(S(=O)(=O)[O-])cc2c1.[Na+].[Na+]. The smallest absolute Gasteiger partial charge is 0.744 e. The van der Waals surface area contributed by atoms with Gasteiger partial charge in [0.15, 0.2) is 0 Å². The van der Waals surface area contributed by atoms with Gasteiger partial charge in [0, 0.05) is 17.2 Å².